The van der Waals surface area contributed by atoms with E-state index in [2.05, 4.69) is 0 Å². The van der Waals surface area contributed by atoms with Crippen LogP contribution in [-0.2, 0) is 25.3 Å². The molecule has 0 saturated heterocycles. The molecule has 2 aliphatic carbocycles. The van der Waals surface area contributed by atoms with Crippen LogP contribution >= 0.6 is 0 Å². The van der Waals surface area contributed by atoms with Crippen molar-refractivity contribution in [3.63, 3.8) is 0 Å². The molecule has 0 aromatic carbocycles. The Morgan fingerprint density at radius 1 is 1.15 bits per heavy atom. The summed E-state index contributed by atoms with van der Waals surface area (Å²) in [5, 5.41) is 0. The van der Waals surface area contributed by atoms with E-state index in [1.54, 1.807) is 0 Å². The third kappa shape index (κ3) is 3.55. The van der Waals surface area contributed by atoms with Crippen LogP contribution in [0, 0.1) is 16.7 Å². The summed E-state index contributed by atoms with van der Waals surface area (Å²) < 4.78 is 62.6. The van der Waals surface area contributed by atoms with Crippen molar-refractivity contribution in [2.24, 2.45) is 16.7 Å². The molecule has 2 fully saturated rings. The molecule has 0 amide bonds. The Hall–Kier alpha value is -0.550. The van der Waals surface area contributed by atoms with Crippen molar-refractivity contribution in [2.75, 3.05) is 5.75 Å². The van der Waals surface area contributed by atoms with Gasteiger partial charge < -0.3 is 0 Å². The van der Waals surface area contributed by atoms with Gasteiger partial charge in [-0.2, -0.15) is 16.8 Å². The maximum atomic E-state index is 11.9. The maximum Gasteiger partial charge on any atom is 0.394 e. The molecule has 10 heteroatoms. The highest BCUT2D eigenvalue weighted by atomic mass is 32.3. The molecule has 2 saturated carbocycles. The number of hydrogen-bond donors (Lipinski definition) is 3. The summed E-state index contributed by atoms with van der Waals surface area (Å²) in [5.74, 6) is -0.101. The van der Waals surface area contributed by atoms with E-state index < -0.39 is 31.7 Å². The Morgan fingerprint density at radius 3 is 1.85 bits per heavy atom. The first-order chi connectivity index (χ1) is 8.69. The quantitative estimate of drug-likeness (QED) is 0.624. The standard InChI is InChI=1S/C10H16O4S.H2O4S/c1-9(2)7-3-4-10(9,8(11)5-7)6-15(12,13)14;1-5(2,3)4/h7H,3-6H2,1-2H3,(H,12,13,14);(H2,1,2,3,4). The molecule has 118 valence electrons. The van der Waals surface area contributed by atoms with Crippen molar-refractivity contribution in [3.05, 3.63) is 0 Å². The van der Waals surface area contributed by atoms with Crippen LogP contribution in [0.3, 0.4) is 0 Å². The average Bonchev–Trinajstić information content (AvgIpc) is 2.45. The molecule has 2 bridgehead atoms. The first kappa shape index (κ1) is 17.5. The number of hydrogen-bond acceptors (Lipinski definition) is 5. The van der Waals surface area contributed by atoms with E-state index in [9.17, 15) is 13.2 Å². The Morgan fingerprint density at radius 2 is 1.60 bits per heavy atom. The summed E-state index contributed by atoms with van der Waals surface area (Å²) in [6, 6.07) is 0. The number of carbonyl (C=O) groups excluding carboxylic acids is 1. The van der Waals surface area contributed by atoms with Gasteiger partial charge in [0.25, 0.3) is 10.1 Å². The topological polar surface area (TPSA) is 146 Å². The maximum absolute atomic E-state index is 11.9. The highest BCUT2D eigenvalue weighted by Crippen LogP contribution is 2.64. The SMILES string of the molecule is CC1(C)C2CCC1(CS(=O)(=O)O)C(=O)C2.O=S(=O)(O)O. The third-order valence-electron chi connectivity index (χ3n) is 4.57. The van der Waals surface area contributed by atoms with Gasteiger partial charge in [-0.15, -0.1) is 0 Å². The molecule has 2 atom stereocenters. The molecule has 2 rings (SSSR count). The summed E-state index contributed by atoms with van der Waals surface area (Å²) in [4.78, 5) is 11.9. The van der Waals surface area contributed by atoms with Crippen molar-refractivity contribution in [1.82, 2.24) is 0 Å². The van der Waals surface area contributed by atoms with Crippen LogP contribution in [0.15, 0.2) is 0 Å². The van der Waals surface area contributed by atoms with Crippen LogP contribution in [0.25, 0.3) is 0 Å². The predicted octanol–water partition coefficient (Wildman–Crippen LogP) is 0.617. The number of carbonyl (C=O) groups is 1. The monoisotopic (exact) mass is 330 g/mol. The van der Waals surface area contributed by atoms with Gasteiger partial charge in [0.1, 0.15) is 5.78 Å². The highest BCUT2D eigenvalue weighted by molar-refractivity contribution is 7.85. The van der Waals surface area contributed by atoms with Gasteiger partial charge in [-0.3, -0.25) is 18.5 Å². The minimum Gasteiger partial charge on any atom is -0.299 e. The largest absolute Gasteiger partial charge is 0.394 e. The van der Waals surface area contributed by atoms with E-state index >= 15 is 0 Å². The van der Waals surface area contributed by atoms with Crippen LogP contribution < -0.4 is 0 Å². The van der Waals surface area contributed by atoms with Gasteiger partial charge in [0.05, 0.1) is 11.2 Å². The molecular weight excluding hydrogens is 312 g/mol. The molecule has 0 aromatic heterocycles. The Labute approximate surface area is 117 Å². The molecule has 0 radical (unpaired) electrons. The fourth-order valence-corrected chi connectivity index (χ4v) is 4.72. The smallest absolute Gasteiger partial charge is 0.299 e. The van der Waals surface area contributed by atoms with Gasteiger partial charge in [-0.05, 0) is 24.2 Å². The van der Waals surface area contributed by atoms with E-state index in [1.807, 2.05) is 13.8 Å². The van der Waals surface area contributed by atoms with Crippen LogP contribution in [0.2, 0.25) is 0 Å². The first-order valence-corrected chi connectivity index (χ1v) is 8.88. The van der Waals surface area contributed by atoms with Crippen LogP contribution in [0.4, 0.5) is 0 Å². The van der Waals surface area contributed by atoms with Gasteiger partial charge in [-0.25, -0.2) is 0 Å². The Bertz CT molecular complexity index is 595. The highest BCUT2D eigenvalue weighted by Gasteiger charge is 2.65. The molecule has 0 heterocycles. The third-order valence-corrected chi connectivity index (χ3v) is 5.43. The molecule has 20 heavy (non-hydrogen) atoms. The number of fused-ring (bicyclic) bond motifs is 2. The number of Topliss-reactive ketones (excluding diaryl/α,β-unsaturated/α-hetero) is 1. The van der Waals surface area contributed by atoms with Gasteiger partial charge in [0.15, 0.2) is 0 Å². The minimum absolute atomic E-state index is 0.0152. The normalized spacial score (nSPS) is 31.9. The van der Waals surface area contributed by atoms with Crippen molar-refractivity contribution in [3.8, 4) is 0 Å². The zero-order chi connectivity index (χ0) is 16.0. The average molecular weight is 330 g/mol. The van der Waals surface area contributed by atoms with Crippen molar-refractivity contribution in [2.45, 2.75) is 33.1 Å². The Balaban J connectivity index is 0.000000347. The number of ketones is 1. The second-order valence-corrected chi connectivity index (χ2v) is 8.19. The van der Waals surface area contributed by atoms with Crippen molar-refractivity contribution < 1.29 is 35.3 Å². The van der Waals surface area contributed by atoms with E-state index in [0.717, 1.165) is 6.42 Å². The van der Waals surface area contributed by atoms with Gasteiger partial charge in [-0.1, -0.05) is 13.8 Å². The summed E-state index contributed by atoms with van der Waals surface area (Å²) in [7, 11) is -8.74. The molecular formula is C10H18O8S2. The zero-order valence-electron chi connectivity index (χ0n) is 11.1. The van der Waals surface area contributed by atoms with Crippen LogP contribution in [-0.4, -0.2) is 42.0 Å². The predicted molar refractivity (Wildman–Crippen MR) is 69.2 cm³/mol. The van der Waals surface area contributed by atoms with Crippen molar-refractivity contribution >= 4 is 26.3 Å². The minimum atomic E-state index is -4.67. The van der Waals surface area contributed by atoms with Crippen LogP contribution in [0.1, 0.15) is 33.1 Å². The lowest BCUT2D eigenvalue weighted by molar-refractivity contribution is -0.128. The lowest BCUT2D eigenvalue weighted by atomic mass is 9.70. The van der Waals surface area contributed by atoms with Gasteiger partial charge in [0, 0.05) is 6.42 Å². The molecule has 0 aromatic rings. The lowest BCUT2D eigenvalue weighted by Gasteiger charge is -2.35. The zero-order valence-corrected chi connectivity index (χ0v) is 12.7. The second-order valence-electron chi connectivity index (χ2n) is 5.84. The second kappa shape index (κ2) is 5.02. The fourth-order valence-electron chi connectivity index (χ4n) is 3.42. The van der Waals surface area contributed by atoms with E-state index in [1.165, 1.54) is 0 Å². The van der Waals surface area contributed by atoms with Crippen LogP contribution in [0.5, 0.6) is 0 Å². The lowest BCUT2D eigenvalue weighted by Crippen LogP contribution is -2.42. The molecule has 8 nitrogen and oxygen atoms in total. The Kier molecular flexibility index (Phi) is 4.39. The summed E-state index contributed by atoms with van der Waals surface area (Å²) in [6.07, 6.45) is 1.97. The van der Waals surface area contributed by atoms with E-state index in [-0.39, 0.29) is 17.1 Å². The summed E-state index contributed by atoms with van der Waals surface area (Å²) in [5.41, 5.74) is -1.12. The molecule has 0 aliphatic heterocycles. The molecule has 3 N–H and O–H groups in total. The van der Waals surface area contributed by atoms with Crippen molar-refractivity contribution in [1.29, 1.82) is 0 Å². The first-order valence-electron chi connectivity index (χ1n) is 5.87. The summed E-state index contributed by atoms with van der Waals surface area (Å²) >= 11 is 0. The molecule has 2 unspecified atom stereocenters. The number of rotatable bonds is 2. The molecule has 0 spiro atoms. The van der Waals surface area contributed by atoms with Gasteiger partial charge >= 0.3 is 10.4 Å². The summed E-state index contributed by atoms with van der Waals surface area (Å²) in [6.45, 7) is 3.89. The van der Waals surface area contributed by atoms with E-state index in [4.69, 9.17) is 22.1 Å². The van der Waals surface area contributed by atoms with E-state index in [0.29, 0.717) is 12.8 Å². The molecule has 2 aliphatic rings. The van der Waals surface area contributed by atoms with Gasteiger partial charge in [0.2, 0.25) is 0 Å². The fraction of sp³-hybridized carbons (Fsp3) is 0.900.